The van der Waals surface area contributed by atoms with Crippen LogP contribution in [0.1, 0.15) is 27.9 Å². The lowest BCUT2D eigenvalue weighted by atomic mass is 10.0. The molecule has 0 aliphatic carbocycles. The van der Waals surface area contributed by atoms with Gasteiger partial charge in [-0.2, -0.15) is 0 Å². The summed E-state index contributed by atoms with van der Waals surface area (Å²) in [5.41, 5.74) is 2.61. The summed E-state index contributed by atoms with van der Waals surface area (Å²) in [5.74, 6) is -0.390. The second-order valence-electron chi connectivity index (χ2n) is 9.13. The van der Waals surface area contributed by atoms with Gasteiger partial charge in [-0.15, -0.1) is 11.3 Å². The highest BCUT2D eigenvalue weighted by Crippen LogP contribution is 2.41. The van der Waals surface area contributed by atoms with Crippen molar-refractivity contribution in [3.05, 3.63) is 83.0 Å². The van der Waals surface area contributed by atoms with Crippen LogP contribution < -0.4 is 20.1 Å². The molecule has 0 fully saturated rings. The molecular formula is C30H28N4O6S. The van der Waals surface area contributed by atoms with Crippen molar-refractivity contribution in [2.45, 2.75) is 26.3 Å². The van der Waals surface area contributed by atoms with Crippen LogP contribution in [-0.4, -0.2) is 47.7 Å². The minimum atomic E-state index is -1.07. The molecular weight excluding hydrogens is 544 g/mol. The minimum Gasteiger partial charge on any atom is -0.496 e. The van der Waals surface area contributed by atoms with Crippen molar-refractivity contribution in [2.24, 2.45) is 0 Å². The number of H-pyrrole nitrogens is 1. The number of aryl methyl sites for hydroxylation is 1. The maximum Gasteiger partial charge on any atom is 0.413 e. The number of esters is 1. The van der Waals surface area contributed by atoms with Gasteiger partial charge in [-0.25, -0.2) is 14.6 Å². The molecule has 0 aliphatic rings. The fourth-order valence-corrected chi connectivity index (χ4v) is 5.59. The van der Waals surface area contributed by atoms with Crippen LogP contribution in [0.4, 0.5) is 10.5 Å². The first-order valence-electron chi connectivity index (χ1n) is 12.9. The molecule has 0 unspecified atom stereocenters. The van der Waals surface area contributed by atoms with E-state index in [1.54, 1.807) is 49.5 Å². The Bertz CT molecular complexity index is 1730. The highest BCUT2D eigenvalue weighted by atomic mass is 32.1. The quantitative estimate of drug-likeness (QED) is 0.196. The standard InChI is InChI=1S/C30H28N4O6S/c1-4-39-29(36)26-25(24-23(38-3)14-17(2)32-28(24)41-26)34-27(35)22(33-30(37)40-19-10-6-5-7-11-19)15-18-16-31-21-13-9-8-12-20(18)21/h5-14,16,22,31H,4,15H2,1-3H3,(H,33,37)(H,34,35)/t22-/m0/s1. The first kappa shape index (κ1) is 27.7. The number of thiophene rings is 1. The van der Waals surface area contributed by atoms with Gasteiger partial charge in [0.2, 0.25) is 5.91 Å². The Hall–Kier alpha value is -4.90. The number of methoxy groups -OCH3 is 1. The van der Waals surface area contributed by atoms with Crippen LogP contribution in [0.2, 0.25) is 0 Å². The molecule has 210 valence electrons. The number of aromatic amines is 1. The van der Waals surface area contributed by atoms with Crippen molar-refractivity contribution in [1.82, 2.24) is 15.3 Å². The summed E-state index contributed by atoms with van der Waals surface area (Å²) >= 11 is 1.09. The van der Waals surface area contributed by atoms with E-state index in [1.807, 2.05) is 31.2 Å². The van der Waals surface area contributed by atoms with Gasteiger partial charge in [-0.1, -0.05) is 36.4 Å². The Morgan fingerprint density at radius 1 is 1.07 bits per heavy atom. The number of anilines is 1. The summed E-state index contributed by atoms with van der Waals surface area (Å²) < 4.78 is 16.3. The number of benzene rings is 2. The number of hydrogen-bond acceptors (Lipinski definition) is 8. The van der Waals surface area contributed by atoms with Crippen LogP contribution in [0.3, 0.4) is 0 Å². The topological polar surface area (TPSA) is 132 Å². The summed E-state index contributed by atoms with van der Waals surface area (Å²) in [4.78, 5) is 48.1. The van der Waals surface area contributed by atoms with Crippen molar-refractivity contribution in [3.63, 3.8) is 0 Å². The van der Waals surface area contributed by atoms with Crippen LogP contribution in [0.15, 0.2) is 66.9 Å². The Kier molecular flexibility index (Phi) is 8.16. The molecule has 3 aromatic heterocycles. The molecule has 5 rings (SSSR count). The molecule has 2 aromatic carbocycles. The zero-order valence-electron chi connectivity index (χ0n) is 22.6. The average Bonchev–Trinajstić information content (AvgIpc) is 3.54. The molecule has 0 aliphatic heterocycles. The highest BCUT2D eigenvalue weighted by molar-refractivity contribution is 7.21. The predicted octanol–water partition coefficient (Wildman–Crippen LogP) is 5.61. The zero-order chi connectivity index (χ0) is 28.9. The van der Waals surface area contributed by atoms with E-state index >= 15 is 0 Å². The van der Waals surface area contributed by atoms with Crippen molar-refractivity contribution < 1.29 is 28.6 Å². The van der Waals surface area contributed by atoms with Gasteiger partial charge in [0.1, 0.15) is 27.2 Å². The molecule has 41 heavy (non-hydrogen) atoms. The molecule has 5 aromatic rings. The minimum absolute atomic E-state index is 0.144. The molecule has 1 atom stereocenters. The average molecular weight is 573 g/mol. The number of carbonyl (C=O) groups is 3. The van der Waals surface area contributed by atoms with Crippen molar-refractivity contribution in [3.8, 4) is 11.5 Å². The molecule has 0 bridgehead atoms. The van der Waals surface area contributed by atoms with Crippen LogP contribution in [0, 0.1) is 6.92 Å². The van der Waals surface area contributed by atoms with Gasteiger partial charge >= 0.3 is 12.1 Å². The first-order chi connectivity index (χ1) is 19.9. The summed E-state index contributed by atoms with van der Waals surface area (Å²) in [6, 6.07) is 16.9. The number of fused-ring (bicyclic) bond motifs is 2. The maximum absolute atomic E-state index is 13.9. The Labute approximate surface area is 239 Å². The number of aromatic nitrogens is 2. The third-order valence-electron chi connectivity index (χ3n) is 6.34. The van der Waals surface area contributed by atoms with E-state index in [4.69, 9.17) is 14.2 Å². The lowest BCUT2D eigenvalue weighted by Crippen LogP contribution is -2.46. The second-order valence-corrected chi connectivity index (χ2v) is 10.1. The SMILES string of the molecule is CCOC(=O)c1sc2nc(C)cc(OC)c2c1NC(=O)[C@H](Cc1c[nH]c2ccccc12)NC(=O)Oc1ccccc1. The fraction of sp³-hybridized carbons (Fsp3) is 0.200. The Morgan fingerprint density at radius 2 is 1.83 bits per heavy atom. The summed E-state index contributed by atoms with van der Waals surface area (Å²) in [5, 5.41) is 6.95. The van der Waals surface area contributed by atoms with E-state index in [0.717, 1.165) is 27.8 Å². The third-order valence-corrected chi connectivity index (χ3v) is 7.41. The zero-order valence-corrected chi connectivity index (χ0v) is 23.5. The van der Waals surface area contributed by atoms with E-state index in [-0.39, 0.29) is 23.6 Å². The maximum atomic E-state index is 13.9. The number of carbonyl (C=O) groups excluding carboxylic acids is 3. The molecule has 2 amide bonds. The Morgan fingerprint density at radius 3 is 2.59 bits per heavy atom. The molecule has 0 saturated carbocycles. The monoisotopic (exact) mass is 572 g/mol. The molecule has 0 radical (unpaired) electrons. The highest BCUT2D eigenvalue weighted by Gasteiger charge is 2.29. The number of nitrogens with zero attached hydrogens (tertiary/aromatic N) is 1. The first-order valence-corrected chi connectivity index (χ1v) is 13.7. The van der Waals surface area contributed by atoms with Crippen LogP contribution >= 0.6 is 11.3 Å². The van der Waals surface area contributed by atoms with Gasteiger partial charge in [0.15, 0.2) is 0 Å². The number of ether oxygens (including phenoxy) is 3. The van der Waals surface area contributed by atoms with E-state index in [2.05, 4.69) is 20.6 Å². The van der Waals surface area contributed by atoms with Crippen LogP contribution in [0.25, 0.3) is 21.1 Å². The van der Waals surface area contributed by atoms with Gasteiger partial charge in [-0.3, -0.25) is 4.79 Å². The number of amides is 2. The number of nitrogens with one attached hydrogen (secondary N) is 3. The van der Waals surface area contributed by atoms with Crippen LogP contribution in [0.5, 0.6) is 11.5 Å². The number of hydrogen-bond donors (Lipinski definition) is 3. The predicted molar refractivity (Wildman–Crippen MR) is 157 cm³/mol. The summed E-state index contributed by atoms with van der Waals surface area (Å²) in [7, 11) is 1.50. The number of pyridine rings is 1. The molecule has 10 nitrogen and oxygen atoms in total. The number of rotatable bonds is 9. The fourth-order valence-electron chi connectivity index (χ4n) is 4.51. The van der Waals surface area contributed by atoms with E-state index in [9.17, 15) is 14.4 Å². The normalized spacial score (nSPS) is 11.7. The summed E-state index contributed by atoms with van der Waals surface area (Å²) in [6.07, 6.45) is 1.15. The molecule has 0 saturated heterocycles. The van der Waals surface area contributed by atoms with Gasteiger partial charge in [0.25, 0.3) is 0 Å². The molecule has 0 spiro atoms. The third kappa shape index (κ3) is 5.99. The Balaban J connectivity index is 1.51. The van der Waals surface area contributed by atoms with Crippen molar-refractivity contribution in [1.29, 1.82) is 0 Å². The van der Waals surface area contributed by atoms with Crippen LogP contribution in [-0.2, 0) is 16.0 Å². The van der Waals surface area contributed by atoms with E-state index in [0.29, 0.717) is 27.4 Å². The van der Waals surface area contributed by atoms with Gasteiger partial charge in [0.05, 0.1) is 24.8 Å². The largest absolute Gasteiger partial charge is 0.496 e. The smallest absolute Gasteiger partial charge is 0.413 e. The lowest BCUT2D eigenvalue weighted by molar-refractivity contribution is -0.118. The van der Waals surface area contributed by atoms with Crippen molar-refractivity contribution in [2.75, 3.05) is 19.0 Å². The van der Waals surface area contributed by atoms with E-state index in [1.165, 1.54) is 7.11 Å². The van der Waals surface area contributed by atoms with E-state index < -0.39 is 24.0 Å². The molecule has 11 heteroatoms. The molecule has 3 heterocycles. The molecule has 3 N–H and O–H groups in total. The lowest BCUT2D eigenvalue weighted by Gasteiger charge is -2.19. The van der Waals surface area contributed by atoms with Gasteiger partial charge in [0, 0.05) is 35.3 Å². The van der Waals surface area contributed by atoms with Gasteiger partial charge < -0.3 is 29.8 Å². The second kappa shape index (κ2) is 12.1. The summed E-state index contributed by atoms with van der Waals surface area (Å²) in [6.45, 7) is 3.66. The van der Waals surface area contributed by atoms with Gasteiger partial charge in [-0.05, 0) is 37.6 Å². The number of para-hydroxylation sites is 2. The van der Waals surface area contributed by atoms with Crippen molar-refractivity contribution >= 4 is 56.1 Å².